The quantitative estimate of drug-likeness (QED) is 0.721. The number of ether oxygens (including phenoxy) is 1. The molecule has 6 nitrogen and oxygen atoms in total. The fourth-order valence-electron chi connectivity index (χ4n) is 4.34. The van der Waals surface area contributed by atoms with Gasteiger partial charge in [0.1, 0.15) is 12.3 Å². The molecule has 0 spiro atoms. The molecule has 1 heterocycles. The van der Waals surface area contributed by atoms with E-state index in [1.165, 1.54) is 0 Å². The Labute approximate surface area is 169 Å². The van der Waals surface area contributed by atoms with Gasteiger partial charge in [-0.05, 0) is 55.2 Å². The zero-order valence-electron chi connectivity index (χ0n) is 16.6. The number of aliphatic carboxylic acids is 1. The highest BCUT2D eigenvalue weighted by Gasteiger charge is 2.31. The fraction of sp³-hybridized carbons (Fsp3) is 0.304. The number of rotatable bonds is 5. The topological polar surface area (TPSA) is 71.8 Å². The van der Waals surface area contributed by atoms with Gasteiger partial charge in [-0.2, -0.15) is 0 Å². The third-order valence-corrected chi connectivity index (χ3v) is 5.79. The third-order valence-electron chi connectivity index (χ3n) is 5.79. The van der Waals surface area contributed by atoms with E-state index in [-0.39, 0.29) is 18.4 Å². The van der Waals surface area contributed by atoms with Crippen LogP contribution in [0.3, 0.4) is 0 Å². The average Bonchev–Trinajstić information content (AvgIpc) is 3.05. The minimum atomic E-state index is -0.873. The van der Waals surface area contributed by atoms with Gasteiger partial charge in [0, 0.05) is 35.2 Å². The summed E-state index contributed by atoms with van der Waals surface area (Å²) in [6, 6.07) is 15.3. The Morgan fingerprint density at radius 2 is 1.97 bits per heavy atom. The summed E-state index contributed by atoms with van der Waals surface area (Å²) in [6.07, 6.45) is 1.98. The lowest BCUT2D eigenvalue weighted by Gasteiger charge is -2.27. The number of carbonyl (C=O) groups is 2. The van der Waals surface area contributed by atoms with Crippen LogP contribution in [0.2, 0.25) is 0 Å². The molecular formula is C23H24N2O4. The summed E-state index contributed by atoms with van der Waals surface area (Å²) in [6.45, 7) is -0.0826. The number of fused-ring (bicyclic) bond motifs is 3. The molecule has 1 aliphatic rings. The molecule has 0 bridgehead atoms. The predicted octanol–water partition coefficient (Wildman–Crippen LogP) is 3.50. The zero-order chi connectivity index (χ0) is 20.5. The Kier molecular flexibility index (Phi) is 5.01. The molecular weight excluding hydrogens is 368 g/mol. The number of nitrogens with zero attached hydrogens (tertiary/aromatic N) is 2. The van der Waals surface area contributed by atoms with Crippen LogP contribution in [0.4, 0.5) is 5.69 Å². The van der Waals surface area contributed by atoms with Crippen molar-refractivity contribution in [2.45, 2.75) is 25.8 Å². The maximum Gasteiger partial charge on any atom is 0.323 e. The van der Waals surface area contributed by atoms with E-state index >= 15 is 0 Å². The second-order valence-electron chi connectivity index (χ2n) is 7.46. The number of para-hydroxylation sites is 1. The lowest BCUT2D eigenvalue weighted by molar-refractivity contribution is -0.137. The monoisotopic (exact) mass is 392 g/mol. The summed E-state index contributed by atoms with van der Waals surface area (Å²) in [5.74, 6) is -0.197. The molecule has 1 N–H and O–H groups in total. The molecule has 1 unspecified atom stereocenters. The number of methoxy groups -OCH3 is 1. The normalized spacial score (nSPS) is 15.7. The molecule has 1 aliphatic carbocycles. The van der Waals surface area contributed by atoms with Gasteiger partial charge >= 0.3 is 5.97 Å². The number of anilines is 1. The second-order valence-corrected chi connectivity index (χ2v) is 7.46. The van der Waals surface area contributed by atoms with E-state index in [2.05, 4.69) is 0 Å². The molecule has 150 valence electrons. The number of carboxylic acids is 1. The van der Waals surface area contributed by atoms with E-state index in [0.717, 1.165) is 33.6 Å². The zero-order valence-corrected chi connectivity index (χ0v) is 16.6. The molecule has 3 aromatic rings. The van der Waals surface area contributed by atoms with Crippen LogP contribution >= 0.6 is 0 Å². The largest absolute Gasteiger partial charge is 0.497 e. The Morgan fingerprint density at radius 1 is 1.21 bits per heavy atom. The number of carbonyl (C=O) groups excluding carboxylic acids is 1. The summed E-state index contributed by atoms with van der Waals surface area (Å²) in [4.78, 5) is 26.3. The van der Waals surface area contributed by atoms with Gasteiger partial charge in [0.15, 0.2) is 0 Å². The van der Waals surface area contributed by atoms with Gasteiger partial charge in [0.05, 0.1) is 7.11 Å². The van der Waals surface area contributed by atoms with Gasteiger partial charge in [-0.15, -0.1) is 0 Å². The molecule has 6 heteroatoms. The Morgan fingerprint density at radius 3 is 2.66 bits per heavy atom. The van der Waals surface area contributed by atoms with Crippen molar-refractivity contribution >= 4 is 28.5 Å². The minimum Gasteiger partial charge on any atom is -0.497 e. The van der Waals surface area contributed by atoms with Crippen LogP contribution in [-0.2, 0) is 29.0 Å². The van der Waals surface area contributed by atoms with E-state index in [0.29, 0.717) is 19.3 Å². The highest BCUT2D eigenvalue weighted by Crippen LogP contribution is 2.37. The Hall–Kier alpha value is -3.28. The summed E-state index contributed by atoms with van der Waals surface area (Å²) in [5.41, 5.74) is 3.83. The number of amides is 1. The van der Waals surface area contributed by atoms with Crippen LogP contribution in [0.5, 0.6) is 5.75 Å². The first-order valence-electron chi connectivity index (χ1n) is 9.72. The lowest BCUT2D eigenvalue weighted by atomic mass is 9.85. The molecule has 0 saturated carbocycles. The van der Waals surface area contributed by atoms with Gasteiger partial charge in [-0.3, -0.25) is 9.59 Å². The van der Waals surface area contributed by atoms with Crippen LogP contribution in [0.15, 0.2) is 48.5 Å². The molecule has 0 aliphatic heterocycles. The van der Waals surface area contributed by atoms with Gasteiger partial charge in [-0.1, -0.05) is 18.2 Å². The van der Waals surface area contributed by atoms with Crippen molar-refractivity contribution in [1.29, 1.82) is 0 Å². The highest BCUT2D eigenvalue weighted by molar-refractivity contribution is 5.96. The van der Waals surface area contributed by atoms with Crippen molar-refractivity contribution in [2.24, 2.45) is 5.92 Å². The van der Waals surface area contributed by atoms with Crippen molar-refractivity contribution in [3.8, 4) is 5.75 Å². The van der Waals surface area contributed by atoms with Crippen molar-refractivity contribution < 1.29 is 19.4 Å². The summed E-state index contributed by atoms with van der Waals surface area (Å²) in [7, 11) is 3.42. The van der Waals surface area contributed by atoms with E-state index < -0.39 is 5.97 Å². The highest BCUT2D eigenvalue weighted by atomic mass is 16.5. The smallest absolute Gasteiger partial charge is 0.323 e. The first-order chi connectivity index (χ1) is 14.0. The minimum absolute atomic E-state index is 0.0826. The predicted molar refractivity (Wildman–Crippen MR) is 111 cm³/mol. The molecule has 1 atom stereocenters. The van der Waals surface area contributed by atoms with Gasteiger partial charge < -0.3 is 19.3 Å². The first kappa shape index (κ1) is 19.1. The number of hydrogen-bond donors (Lipinski definition) is 1. The van der Waals surface area contributed by atoms with E-state index in [1.807, 2.05) is 60.1 Å². The van der Waals surface area contributed by atoms with Crippen LogP contribution in [-0.4, -0.2) is 35.7 Å². The van der Waals surface area contributed by atoms with Crippen molar-refractivity contribution in [2.75, 3.05) is 19.1 Å². The van der Waals surface area contributed by atoms with Crippen molar-refractivity contribution in [1.82, 2.24) is 4.57 Å². The van der Waals surface area contributed by atoms with Crippen LogP contribution in [0.25, 0.3) is 10.9 Å². The molecule has 0 fully saturated rings. The van der Waals surface area contributed by atoms with Crippen molar-refractivity contribution in [3.05, 3.63) is 59.8 Å². The molecule has 1 amide bonds. The SMILES string of the molecule is COc1ccc2c(c1)c1c(n2CC(=O)O)CCC(C(=O)N(C)c2ccccc2)C1. The van der Waals surface area contributed by atoms with E-state index in [9.17, 15) is 14.7 Å². The van der Waals surface area contributed by atoms with Crippen LogP contribution < -0.4 is 9.64 Å². The Balaban J connectivity index is 1.71. The summed E-state index contributed by atoms with van der Waals surface area (Å²) >= 11 is 0. The molecule has 2 aromatic carbocycles. The van der Waals surface area contributed by atoms with E-state index in [4.69, 9.17) is 4.74 Å². The lowest BCUT2D eigenvalue weighted by Crippen LogP contribution is -2.36. The number of carboxylic acid groups (broad SMARTS) is 1. The van der Waals surface area contributed by atoms with Gasteiger partial charge in [0.2, 0.25) is 5.91 Å². The summed E-state index contributed by atoms with van der Waals surface area (Å²) in [5, 5.41) is 10.4. The Bertz CT molecular complexity index is 1070. The van der Waals surface area contributed by atoms with Crippen LogP contribution in [0.1, 0.15) is 17.7 Å². The molecule has 0 saturated heterocycles. The average molecular weight is 392 g/mol. The van der Waals surface area contributed by atoms with Crippen LogP contribution in [0, 0.1) is 5.92 Å². The molecule has 4 rings (SSSR count). The fourth-order valence-corrected chi connectivity index (χ4v) is 4.34. The third kappa shape index (κ3) is 3.46. The number of hydrogen-bond acceptors (Lipinski definition) is 3. The first-order valence-corrected chi connectivity index (χ1v) is 9.72. The summed E-state index contributed by atoms with van der Waals surface area (Å²) < 4.78 is 7.24. The molecule has 29 heavy (non-hydrogen) atoms. The maximum absolute atomic E-state index is 13.2. The molecule has 0 radical (unpaired) electrons. The van der Waals surface area contributed by atoms with Crippen molar-refractivity contribution in [3.63, 3.8) is 0 Å². The molecule has 1 aromatic heterocycles. The van der Waals surface area contributed by atoms with E-state index in [1.54, 1.807) is 12.0 Å². The van der Waals surface area contributed by atoms with Gasteiger partial charge in [-0.25, -0.2) is 0 Å². The standard InChI is InChI=1S/C23H24N2O4/c1-24(16-6-4-3-5-7-16)23(28)15-8-10-20-18(12-15)19-13-17(29-2)9-11-21(19)25(20)14-22(26)27/h3-7,9,11,13,15H,8,10,12,14H2,1-2H3,(H,26,27). The van der Waals surface area contributed by atoms with Gasteiger partial charge in [0.25, 0.3) is 0 Å². The number of aromatic nitrogens is 1. The maximum atomic E-state index is 13.2. The second kappa shape index (κ2) is 7.62. The number of benzene rings is 2.